The topological polar surface area (TPSA) is 41.9 Å². The number of hydrogen-bond donors (Lipinski definition) is 2. The number of hydrogen-bond acceptors (Lipinski definition) is 3. The van der Waals surface area contributed by atoms with Crippen molar-refractivity contribution < 1.29 is 0 Å². The second-order valence-electron chi connectivity index (χ2n) is 9.08. The van der Waals surface area contributed by atoms with Crippen molar-refractivity contribution in [3.8, 4) is 5.69 Å². The number of nitrogens with zero attached hydrogens (tertiary/aromatic N) is 2. The second kappa shape index (κ2) is 13.2. The molecule has 0 bridgehead atoms. The van der Waals surface area contributed by atoms with Gasteiger partial charge in [-0.05, 0) is 88.7 Å². The summed E-state index contributed by atoms with van der Waals surface area (Å²) in [6.07, 6.45) is 8.66. The van der Waals surface area contributed by atoms with E-state index in [4.69, 9.17) is 5.10 Å². The van der Waals surface area contributed by atoms with Crippen molar-refractivity contribution in [3.63, 3.8) is 0 Å². The van der Waals surface area contributed by atoms with E-state index in [-0.39, 0.29) is 0 Å². The summed E-state index contributed by atoms with van der Waals surface area (Å²) in [5.74, 6) is 0. The molecule has 1 aromatic heterocycles. The fourth-order valence-corrected chi connectivity index (χ4v) is 4.26. The van der Waals surface area contributed by atoms with E-state index in [1.54, 1.807) is 5.56 Å². The Kier molecular flexibility index (Phi) is 10.0. The van der Waals surface area contributed by atoms with Crippen LogP contribution in [0.1, 0.15) is 67.6 Å². The molecule has 0 amide bonds. The summed E-state index contributed by atoms with van der Waals surface area (Å²) in [6, 6.07) is 17.2. The van der Waals surface area contributed by atoms with E-state index in [9.17, 15) is 0 Å². The molecule has 2 N–H and O–H groups in total. The maximum Gasteiger partial charge on any atom is 0.0663 e. The summed E-state index contributed by atoms with van der Waals surface area (Å²) >= 11 is 0. The molecule has 0 atom stereocenters. The average Bonchev–Trinajstić information content (AvgIpc) is 3.21. The largest absolute Gasteiger partial charge is 0.384 e. The van der Waals surface area contributed by atoms with Crippen LogP contribution >= 0.6 is 0 Å². The maximum atomic E-state index is 4.92. The van der Waals surface area contributed by atoms with E-state index in [2.05, 4.69) is 91.5 Å². The minimum absolute atomic E-state index is 0.983. The molecule has 0 aliphatic heterocycles. The first-order chi connectivity index (χ1) is 16.1. The number of aromatic nitrogens is 2. The fourth-order valence-electron chi connectivity index (χ4n) is 4.26. The van der Waals surface area contributed by atoms with Gasteiger partial charge in [0.25, 0.3) is 0 Å². The van der Waals surface area contributed by atoms with Crippen LogP contribution in [-0.2, 0) is 19.3 Å². The van der Waals surface area contributed by atoms with E-state index in [0.29, 0.717) is 0 Å². The molecular formula is C29H42N4. The van der Waals surface area contributed by atoms with Crippen LogP contribution in [0.2, 0.25) is 0 Å². The monoisotopic (exact) mass is 446 g/mol. The van der Waals surface area contributed by atoms with Gasteiger partial charge in [-0.3, -0.25) is 0 Å². The number of anilines is 1. The molecule has 0 unspecified atom stereocenters. The van der Waals surface area contributed by atoms with Crippen LogP contribution in [0.4, 0.5) is 5.69 Å². The van der Waals surface area contributed by atoms with Gasteiger partial charge in [0, 0.05) is 24.5 Å². The molecule has 4 heteroatoms. The fraction of sp³-hybridized carbons (Fsp3) is 0.483. The lowest BCUT2D eigenvalue weighted by Gasteiger charge is -2.12. The molecule has 0 saturated carbocycles. The standard InChI is InChI=1S/C18H24N2.C11H18N2/c1-3-4-9-18-16-7-5-6-8-17(16)19-20(18)15-12-10-14(2)11-13-15;1-3-12-8-9-13-11-6-4-10(2)5-7-11/h10-13H,3-9H2,1-2H3;4-7,12-13H,3,8-9H2,1-2H3. The van der Waals surface area contributed by atoms with Crippen molar-refractivity contribution in [2.75, 3.05) is 25.0 Å². The van der Waals surface area contributed by atoms with Crippen LogP contribution < -0.4 is 10.6 Å². The first-order valence-corrected chi connectivity index (χ1v) is 12.8. The summed E-state index contributed by atoms with van der Waals surface area (Å²) < 4.78 is 2.21. The Morgan fingerprint density at radius 2 is 1.52 bits per heavy atom. The third-order valence-electron chi connectivity index (χ3n) is 6.24. The maximum absolute atomic E-state index is 4.92. The van der Waals surface area contributed by atoms with E-state index in [1.165, 1.54) is 66.0 Å². The third-order valence-corrected chi connectivity index (χ3v) is 6.24. The van der Waals surface area contributed by atoms with Gasteiger partial charge in [0.05, 0.1) is 11.4 Å². The predicted molar refractivity (Wildman–Crippen MR) is 142 cm³/mol. The summed E-state index contributed by atoms with van der Waals surface area (Å²) in [7, 11) is 0. The molecule has 0 spiro atoms. The lowest BCUT2D eigenvalue weighted by Crippen LogP contribution is -2.21. The minimum Gasteiger partial charge on any atom is -0.384 e. The lowest BCUT2D eigenvalue weighted by molar-refractivity contribution is 0.669. The van der Waals surface area contributed by atoms with Gasteiger partial charge >= 0.3 is 0 Å². The van der Waals surface area contributed by atoms with Gasteiger partial charge in [-0.1, -0.05) is 55.7 Å². The normalized spacial score (nSPS) is 12.6. The zero-order chi connectivity index (χ0) is 23.5. The Balaban J connectivity index is 0.000000205. The highest BCUT2D eigenvalue weighted by Crippen LogP contribution is 2.27. The Hall–Kier alpha value is -2.59. The molecule has 0 fully saturated rings. The van der Waals surface area contributed by atoms with Crippen LogP contribution in [0.25, 0.3) is 5.69 Å². The van der Waals surface area contributed by atoms with E-state index >= 15 is 0 Å². The molecule has 1 aliphatic rings. The SMILES string of the molecule is CCCCc1c2c(nn1-c1ccc(C)cc1)CCCC2.CCNCCNc1ccc(C)cc1. The summed E-state index contributed by atoms with van der Waals surface area (Å²) in [5.41, 5.74) is 9.39. The molecule has 0 radical (unpaired) electrons. The number of likely N-dealkylation sites (N-methyl/N-ethyl adjacent to an activating group) is 1. The number of rotatable bonds is 9. The molecule has 0 saturated heterocycles. The van der Waals surface area contributed by atoms with E-state index in [1.807, 2.05) is 0 Å². The highest BCUT2D eigenvalue weighted by molar-refractivity contribution is 5.44. The van der Waals surface area contributed by atoms with Crippen molar-refractivity contribution in [1.29, 1.82) is 0 Å². The first-order valence-electron chi connectivity index (χ1n) is 12.8. The van der Waals surface area contributed by atoms with Gasteiger partial charge in [-0.15, -0.1) is 0 Å². The Bertz CT molecular complexity index is 955. The zero-order valence-electron chi connectivity index (χ0n) is 21.1. The number of unbranched alkanes of at least 4 members (excludes halogenated alkanes) is 1. The van der Waals surface area contributed by atoms with Gasteiger partial charge in [-0.25, -0.2) is 4.68 Å². The van der Waals surface area contributed by atoms with Gasteiger partial charge < -0.3 is 10.6 Å². The van der Waals surface area contributed by atoms with Crippen molar-refractivity contribution >= 4 is 5.69 Å². The predicted octanol–water partition coefficient (Wildman–Crippen LogP) is 6.42. The summed E-state index contributed by atoms with van der Waals surface area (Å²) in [5, 5.41) is 11.5. The van der Waals surface area contributed by atoms with Crippen molar-refractivity contribution in [2.24, 2.45) is 0 Å². The first kappa shape index (κ1) is 25.0. The smallest absolute Gasteiger partial charge is 0.0663 e. The number of nitrogens with one attached hydrogen (secondary N) is 2. The quantitative estimate of drug-likeness (QED) is 0.373. The number of fused-ring (bicyclic) bond motifs is 1. The molecule has 1 aliphatic carbocycles. The Morgan fingerprint density at radius 3 is 2.18 bits per heavy atom. The van der Waals surface area contributed by atoms with Crippen LogP contribution in [0.5, 0.6) is 0 Å². The van der Waals surface area contributed by atoms with Crippen LogP contribution in [-0.4, -0.2) is 29.4 Å². The molecule has 4 nitrogen and oxygen atoms in total. The number of benzene rings is 2. The lowest BCUT2D eigenvalue weighted by atomic mass is 9.94. The molecule has 33 heavy (non-hydrogen) atoms. The van der Waals surface area contributed by atoms with Gasteiger partial charge in [0.2, 0.25) is 0 Å². The third kappa shape index (κ3) is 7.46. The highest BCUT2D eigenvalue weighted by atomic mass is 15.3. The Morgan fingerprint density at radius 1 is 0.848 bits per heavy atom. The molecule has 1 heterocycles. The number of aryl methyl sites for hydroxylation is 3. The Labute approximate surface area is 200 Å². The summed E-state index contributed by atoms with van der Waals surface area (Å²) in [6.45, 7) is 11.7. The molecule has 2 aromatic carbocycles. The highest BCUT2D eigenvalue weighted by Gasteiger charge is 2.20. The average molecular weight is 447 g/mol. The van der Waals surface area contributed by atoms with Gasteiger partial charge in [0.15, 0.2) is 0 Å². The molecule has 4 rings (SSSR count). The van der Waals surface area contributed by atoms with Crippen molar-refractivity contribution in [3.05, 3.63) is 76.6 Å². The van der Waals surface area contributed by atoms with Gasteiger partial charge in [-0.2, -0.15) is 5.10 Å². The summed E-state index contributed by atoms with van der Waals surface area (Å²) in [4.78, 5) is 0. The minimum atomic E-state index is 0.983. The van der Waals surface area contributed by atoms with Crippen LogP contribution in [0, 0.1) is 13.8 Å². The van der Waals surface area contributed by atoms with E-state index in [0.717, 1.165) is 32.5 Å². The molecule has 3 aromatic rings. The van der Waals surface area contributed by atoms with E-state index < -0.39 is 0 Å². The van der Waals surface area contributed by atoms with Crippen LogP contribution in [0.3, 0.4) is 0 Å². The second-order valence-corrected chi connectivity index (χ2v) is 9.08. The van der Waals surface area contributed by atoms with Crippen molar-refractivity contribution in [1.82, 2.24) is 15.1 Å². The van der Waals surface area contributed by atoms with Gasteiger partial charge in [0.1, 0.15) is 0 Å². The zero-order valence-corrected chi connectivity index (χ0v) is 21.1. The molecular weight excluding hydrogens is 404 g/mol. The molecule has 178 valence electrons. The van der Waals surface area contributed by atoms with Crippen molar-refractivity contribution in [2.45, 2.75) is 72.6 Å². The van der Waals surface area contributed by atoms with Crippen LogP contribution in [0.15, 0.2) is 48.5 Å².